The number of aryl methyl sites for hydroxylation is 1. The number of benzene rings is 2. The number of primary amides is 1. The van der Waals surface area contributed by atoms with E-state index < -0.39 is 16.7 Å². The summed E-state index contributed by atoms with van der Waals surface area (Å²) in [6, 6.07) is 11.2. The van der Waals surface area contributed by atoms with Gasteiger partial charge in [0.25, 0.3) is 11.6 Å². The molecule has 0 saturated carbocycles. The zero-order chi connectivity index (χ0) is 21.7. The third-order valence-electron chi connectivity index (χ3n) is 4.12. The molecule has 0 aliphatic heterocycles. The molecule has 0 fully saturated rings. The van der Waals surface area contributed by atoms with Crippen molar-refractivity contribution in [2.24, 2.45) is 5.73 Å². The molecule has 0 bridgehead atoms. The summed E-state index contributed by atoms with van der Waals surface area (Å²) >= 11 is 2.61. The minimum absolute atomic E-state index is 0.144. The number of nitro benzene ring substituents is 1. The van der Waals surface area contributed by atoms with Crippen LogP contribution in [0, 0.1) is 17.0 Å². The molecule has 3 rings (SSSR count). The van der Waals surface area contributed by atoms with Gasteiger partial charge in [-0.1, -0.05) is 23.9 Å². The second kappa shape index (κ2) is 9.51. The predicted molar refractivity (Wildman–Crippen MR) is 115 cm³/mol. The van der Waals surface area contributed by atoms with Crippen LogP contribution in [-0.2, 0) is 6.42 Å². The number of nitrogens with one attached hydrogen (secondary N) is 1. The Balaban J connectivity index is 1.67. The zero-order valence-corrected chi connectivity index (χ0v) is 17.6. The number of hydrogen-bond acceptors (Lipinski definition) is 7. The molecule has 1 heterocycles. The highest BCUT2D eigenvalue weighted by Gasteiger charge is 2.19. The quantitative estimate of drug-likeness (QED) is 0.405. The van der Waals surface area contributed by atoms with E-state index in [0.717, 1.165) is 11.3 Å². The average molecular weight is 443 g/mol. The van der Waals surface area contributed by atoms with Crippen molar-refractivity contribution in [3.05, 3.63) is 80.3 Å². The Bertz CT molecular complexity index is 1110. The van der Waals surface area contributed by atoms with Crippen LogP contribution in [0.15, 0.2) is 57.1 Å². The zero-order valence-electron chi connectivity index (χ0n) is 16.0. The minimum Gasteiger partial charge on any atom is -0.366 e. The number of aromatic nitrogens is 1. The van der Waals surface area contributed by atoms with Crippen molar-refractivity contribution < 1.29 is 14.5 Å². The van der Waals surface area contributed by atoms with E-state index in [-0.39, 0.29) is 11.3 Å². The van der Waals surface area contributed by atoms with Crippen LogP contribution in [0.4, 0.5) is 5.69 Å². The van der Waals surface area contributed by atoms with E-state index in [4.69, 9.17) is 5.73 Å². The Hall–Kier alpha value is -3.24. The van der Waals surface area contributed by atoms with Crippen molar-refractivity contribution in [1.82, 2.24) is 10.3 Å². The molecular weight excluding hydrogens is 424 g/mol. The van der Waals surface area contributed by atoms with Gasteiger partial charge in [-0.2, -0.15) is 0 Å². The minimum atomic E-state index is -0.515. The van der Waals surface area contributed by atoms with E-state index in [1.54, 1.807) is 30.3 Å². The van der Waals surface area contributed by atoms with E-state index in [2.05, 4.69) is 10.3 Å². The third kappa shape index (κ3) is 5.43. The first kappa shape index (κ1) is 21.5. The van der Waals surface area contributed by atoms with Gasteiger partial charge in [-0.15, -0.1) is 11.3 Å². The highest BCUT2D eigenvalue weighted by molar-refractivity contribution is 8.01. The van der Waals surface area contributed by atoms with Crippen molar-refractivity contribution in [2.75, 3.05) is 6.54 Å². The molecule has 30 heavy (non-hydrogen) atoms. The first-order chi connectivity index (χ1) is 14.3. The monoisotopic (exact) mass is 442 g/mol. The fraction of sp³-hybridized carbons (Fsp3) is 0.150. The van der Waals surface area contributed by atoms with Crippen LogP contribution < -0.4 is 11.1 Å². The van der Waals surface area contributed by atoms with Gasteiger partial charge in [0, 0.05) is 34.8 Å². The number of carbonyl (C=O) groups is 2. The molecule has 154 valence electrons. The fourth-order valence-corrected chi connectivity index (χ4v) is 4.54. The molecule has 0 atom stereocenters. The lowest BCUT2D eigenvalue weighted by molar-refractivity contribution is -0.387. The maximum absolute atomic E-state index is 12.4. The molecule has 0 saturated heterocycles. The Morgan fingerprint density at radius 3 is 2.70 bits per heavy atom. The van der Waals surface area contributed by atoms with Crippen LogP contribution in [-0.4, -0.2) is 28.3 Å². The fourth-order valence-electron chi connectivity index (χ4n) is 2.66. The van der Waals surface area contributed by atoms with Gasteiger partial charge in [0.1, 0.15) is 0 Å². The molecule has 10 heteroatoms. The molecule has 0 radical (unpaired) electrons. The average Bonchev–Trinajstić information content (AvgIpc) is 3.12. The summed E-state index contributed by atoms with van der Waals surface area (Å²) in [5.41, 5.74) is 7.43. The van der Waals surface area contributed by atoms with Gasteiger partial charge in [-0.3, -0.25) is 19.7 Å². The van der Waals surface area contributed by atoms with Gasteiger partial charge < -0.3 is 11.1 Å². The van der Waals surface area contributed by atoms with Gasteiger partial charge in [0.15, 0.2) is 4.34 Å². The molecule has 0 unspecified atom stereocenters. The van der Waals surface area contributed by atoms with Crippen LogP contribution in [0.1, 0.15) is 32.0 Å². The Kier molecular flexibility index (Phi) is 6.80. The van der Waals surface area contributed by atoms with Crippen LogP contribution in [0.3, 0.4) is 0 Å². The lowest BCUT2D eigenvalue weighted by Crippen LogP contribution is -2.25. The SMILES string of the molecule is Cc1csc(Sc2ccc(C(=O)NCCc3cccc(C(N)=O)c3)cc2[N+](=O)[O-])n1. The molecule has 1 aromatic heterocycles. The molecule has 3 aromatic rings. The summed E-state index contributed by atoms with van der Waals surface area (Å²) in [6.07, 6.45) is 0.492. The molecule has 3 N–H and O–H groups in total. The lowest BCUT2D eigenvalue weighted by Gasteiger charge is -2.07. The van der Waals surface area contributed by atoms with E-state index in [1.165, 1.54) is 29.2 Å². The summed E-state index contributed by atoms with van der Waals surface area (Å²) in [7, 11) is 0. The summed E-state index contributed by atoms with van der Waals surface area (Å²) in [6.45, 7) is 2.16. The smallest absolute Gasteiger partial charge is 0.284 e. The van der Waals surface area contributed by atoms with E-state index in [1.807, 2.05) is 18.4 Å². The number of rotatable bonds is 8. The van der Waals surface area contributed by atoms with Crippen LogP contribution in [0.5, 0.6) is 0 Å². The molecular formula is C20H18N4O4S2. The molecule has 0 aliphatic carbocycles. The first-order valence-electron chi connectivity index (χ1n) is 8.89. The summed E-state index contributed by atoms with van der Waals surface area (Å²) in [4.78, 5) is 39.4. The van der Waals surface area contributed by atoms with Gasteiger partial charge in [-0.05, 0) is 43.2 Å². The van der Waals surface area contributed by atoms with E-state index in [9.17, 15) is 19.7 Å². The number of nitro groups is 1. The number of thiazole rings is 1. The number of nitrogens with two attached hydrogens (primary N) is 1. The summed E-state index contributed by atoms with van der Waals surface area (Å²) in [5.74, 6) is -0.926. The maximum atomic E-state index is 12.4. The lowest BCUT2D eigenvalue weighted by atomic mass is 10.1. The summed E-state index contributed by atoms with van der Waals surface area (Å²) < 4.78 is 0.700. The normalized spacial score (nSPS) is 10.6. The number of hydrogen-bond donors (Lipinski definition) is 2. The Morgan fingerprint density at radius 1 is 1.23 bits per heavy atom. The molecule has 0 aliphatic rings. The van der Waals surface area contributed by atoms with Crippen LogP contribution in [0.25, 0.3) is 0 Å². The highest BCUT2D eigenvalue weighted by Crippen LogP contribution is 2.36. The number of carbonyl (C=O) groups excluding carboxylic acids is 2. The molecule has 8 nitrogen and oxygen atoms in total. The van der Waals surface area contributed by atoms with Crippen LogP contribution in [0.2, 0.25) is 0 Å². The van der Waals surface area contributed by atoms with Gasteiger partial charge in [0.05, 0.1) is 9.82 Å². The van der Waals surface area contributed by atoms with Crippen LogP contribution >= 0.6 is 23.1 Å². The second-order valence-electron chi connectivity index (χ2n) is 6.37. The van der Waals surface area contributed by atoms with Crippen molar-refractivity contribution in [2.45, 2.75) is 22.6 Å². The number of nitrogens with zero attached hydrogens (tertiary/aromatic N) is 2. The van der Waals surface area contributed by atoms with E-state index in [0.29, 0.717) is 27.8 Å². The Labute approximate surface area is 180 Å². The van der Waals surface area contributed by atoms with Gasteiger partial charge in [0.2, 0.25) is 5.91 Å². The third-order valence-corrected chi connectivity index (χ3v) is 6.25. The van der Waals surface area contributed by atoms with Crippen molar-refractivity contribution in [3.63, 3.8) is 0 Å². The highest BCUT2D eigenvalue weighted by atomic mass is 32.2. The van der Waals surface area contributed by atoms with Crippen molar-refractivity contribution in [1.29, 1.82) is 0 Å². The maximum Gasteiger partial charge on any atom is 0.284 e. The summed E-state index contributed by atoms with van der Waals surface area (Å²) in [5, 5.41) is 16.1. The van der Waals surface area contributed by atoms with Gasteiger partial charge in [-0.25, -0.2) is 4.98 Å². The molecule has 2 aromatic carbocycles. The molecule has 2 amide bonds. The van der Waals surface area contributed by atoms with E-state index >= 15 is 0 Å². The van der Waals surface area contributed by atoms with Crippen molar-refractivity contribution >= 4 is 40.6 Å². The number of amides is 2. The van der Waals surface area contributed by atoms with Gasteiger partial charge >= 0.3 is 0 Å². The predicted octanol–water partition coefficient (Wildman–Crippen LogP) is 3.58. The second-order valence-corrected chi connectivity index (χ2v) is 8.51. The first-order valence-corrected chi connectivity index (χ1v) is 10.6. The Morgan fingerprint density at radius 2 is 2.03 bits per heavy atom. The molecule has 0 spiro atoms. The topological polar surface area (TPSA) is 128 Å². The van der Waals surface area contributed by atoms with Crippen molar-refractivity contribution in [3.8, 4) is 0 Å². The largest absolute Gasteiger partial charge is 0.366 e. The standard InChI is InChI=1S/C20H18N4O4S2/c1-12-11-29-20(23-12)30-17-6-5-15(10-16(17)24(27)28)19(26)22-8-7-13-3-2-4-14(9-13)18(21)25/h2-6,9-11H,7-8H2,1H3,(H2,21,25)(H,22,26).